The van der Waals surface area contributed by atoms with E-state index in [0.717, 1.165) is 16.1 Å². The fraction of sp³-hybridized carbons (Fsp3) is 0.133. The zero-order chi connectivity index (χ0) is 15.4. The zero-order valence-electron chi connectivity index (χ0n) is 11.3. The van der Waals surface area contributed by atoms with Crippen LogP contribution in [0.15, 0.2) is 41.3 Å². The number of benzene rings is 2. The van der Waals surface area contributed by atoms with E-state index in [-0.39, 0.29) is 11.7 Å². The Morgan fingerprint density at radius 2 is 1.95 bits per heavy atom. The van der Waals surface area contributed by atoms with Gasteiger partial charge in [-0.15, -0.1) is 11.8 Å². The third-order valence-electron chi connectivity index (χ3n) is 2.80. The minimum Gasteiger partial charge on any atom is -0.399 e. The molecule has 0 spiro atoms. The second-order valence-corrected chi connectivity index (χ2v) is 6.35. The van der Waals surface area contributed by atoms with Crippen molar-refractivity contribution < 1.29 is 4.79 Å². The summed E-state index contributed by atoms with van der Waals surface area (Å²) in [6.07, 6.45) is 0. The van der Waals surface area contributed by atoms with Gasteiger partial charge in [-0.05, 0) is 42.8 Å². The van der Waals surface area contributed by atoms with E-state index >= 15 is 0 Å². The number of nitrogens with two attached hydrogens (primary N) is 1. The molecule has 0 saturated carbocycles. The van der Waals surface area contributed by atoms with Crippen molar-refractivity contribution in [3.8, 4) is 0 Å². The summed E-state index contributed by atoms with van der Waals surface area (Å²) in [6, 6.07) is 10.7. The number of halogens is 2. The van der Waals surface area contributed by atoms with Gasteiger partial charge in [0.25, 0.3) is 0 Å². The first kappa shape index (κ1) is 16.0. The Hall–Kier alpha value is -1.36. The molecule has 0 saturated heterocycles. The number of anilines is 2. The van der Waals surface area contributed by atoms with Gasteiger partial charge in [0, 0.05) is 16.3 Å². The topological polar surface area (TPSA) is 55.1 Å². The second kappa shape index (κ2) is 7.07. The Morgan fingerprint density at radius 1 is 1.19 bits per heavy atom. The van der Waals surface area contributed by atoms with Gasteiger partial charge in [-0.3, -0.25) is 4.79 Å². The number of rotatable bonds is 4. The van der Waals surface area contributed by atoms with Crippen molar-refractivity contribution in [2.24, 2.45) is 0 Å². The van der Waals surface area contributed by atoms with Crippen LogP contribution in [0.1, 0.15) is 5.56 Å². The fourth-order valence-electron chi connectivity index (χ4n) is 1.68. The van der Waals surface area contributed by atoms with Crippen LogP contribution < -0.4 is 11.1 Å². The average Bonchev–Trinajstić information content (AvgIpc) is 2.44. The fourth-order valence-corrected chi connectivity index (χ4v) is 2.77. The molecule has 2 rings (SSSR count). The lowest BCUT2D eigenvalue weighted by Gasteiger charge is -2.09. The lowest BCUT2D eigenvalue weighted by Crippen LogP contribution is -2.15. The number of carbonyl (C=O) groups excluding carboxylic acids is 1. The SMILES string of the molecule is Cc1ccc(N)cc1NC(=O)CSc1ccc(Cl)c(Cl)c1. The molecule has 0 aliphatic rings. The van der Waals surface area contributed by atoms with Crippen LogP contribution in [0.2, 0.25) is 10.0 Å². The van der Waals surface area contributed by atoms with Crippen LogP contribution in [0, 0.1) is 6.92 Å². The molecular weight excluding hydrogens is 327 g/mol. The van der Waals surface area contributed by atoms with Crippen molar-refractivity contribution >= 4 is 52.2 Å². The van der Waals surface area contributed by atoms with E-state index in [9.17, 15) is 4.79 Å². The maximum atomic E-state index is 12.0. The van der Waals surface area contributed by atoms with Crippen molar-refractivity contribution in [2.45, 2.75) is 11.8 Å². The maximum absolute atomic E-state index is 12.0. The minimum atomic E-state index is -0.0974. The molecule has 0 atom stereocenters. The van der Waals surface area contributed by atoms with E-state index in [0.29, 0.717) is 15.7 Å². The Kier molecular flexibility index (Phi) is 5.39. The van der Waals surface area contributed by atoms with Gasteiger partial charge in [-0.1, -0.05) is 29.3 Å². The molecule has 3 N–H and O–H groups in total. The molecule has 0 aromatic heterocycles. The van der Waals surface area contributed by atoms with Crippen molar-refractivity contribution in [2.75, 3.05) is 16.8 Å². The molecule has 0 bridgehead atoms. The lowest BCUT2D eigenvalue weighted by atomic mass is 10.2. The number of aryl methyl sites for hydroxylation is 1. The van der Waals surface area contributed by atoms with Gasteiger partial charge >= 0.3 is 0 Å². The molecule has 0 aliphatic heterocycles. The summed E-state index contributed by atoms with van der Waals surface area (Å²) in [7, 11) is 0. The summed E-state index contributed by atoms with van der Waals surface area (Å²) in [5.74, 6) is 0.186. The number of nitrogen functional groups attached to an aromatic ring is 1. The van der Waals surface area contributed by atoms with Crippen molar-refractivity contribution in [1.82, 2.24) is 0 Å². The summed E-state index contributed by atoms with van der Waals surface area (Å²) < 4.78 is 0. The number of nitrogens with one attached hydrogen (secondary N) is 1. The predicted molar refractivity (Wildman–Crippen MR) is 91.4 cm³/mol. The second-order valence-electron chi connectivity index (χ2n) is 4.49. The van der Waals surface area contributed by atoms with E-state index in [4.69, 9.17) is 28.9 Å². The van der Waals surface area contributed by atoms with Crippen LogP contribution in [0.25, 0.3) is 0 Å². The monoisotopic (exact) mass is 340 g/mol. The molecule has 0 aliphatic carbocycles. The predicted octanol–water partition coefficient (Wildman–Crippen LogP) is 4.61. The molecule has 0 fully saturated rings. The highest BCUT2D eigenvalue weighted by molar-refractivity contribution is 8.00. The van der Waals surface area contributed by atoms with E-state index < -0.39 is 0 Å². The first-order chi connectivity index (χ1) is 9.95. The normalized spacial score (nSPS) is 10.4. The van der Waals surface area contributed by atoms with Crippen molar-refractivity contribution in [3.63, 3.8) is 0 Å². The van der Waals surface area contributed by atoms with Crippen LogP contribution >= 0.6 is 35.0 Å². The largest absolute Gasteiger partial charge is 0.399 e. The molecule has 0 radical (unpaired) electrons. The molecule has 1 amide bonds. The summed E-state index contributed by atoms with van der Waals surface area (Å²) in [6.45, 7) is 1.92. The van der Waals surface area contributed by atoms with Gasteiger partial charge < -0.3 is 11.1 Å². The standard InChI is InChI=1S/C15H14Cl2N2OS/c1-9-2-3-10(18)6-14(9)19-15(20)8-21-11-4-5-12(16)13(17)7-11/h2-7H,8,18H2,1H3,(H,19,20). The van der Waals surface area contributed by atoms with Crippen LogP contribution in [0.4, 0.5) is 11.4 Å². The lowest BCUT2D eigenvalue weighted by molar-refractivity contribution is -0.113. The Labute approximate surface area is 137 Å². The van der Waals surface area contributed by atoms with Gasteiger partial charge in [-0.2, -0.15) is 0 Å². The summed E-state index contributed by atoms with van der Waals surface area (Å²) in [5, 5.41) is 3.83. The Bertz CT molecular complexity index is 677. The Morgan fingerprint density at radius 3 is 2.67 bits per heavy atom. The van der Waals surface area contributed by atoms with Crippen molar-refractivity contribution in [1.29, 1.82) is 0 Å². The van der Waals surface area contributed by atoms with Crippen LogP contribution in [0.3, 0.4) is 0 Å². The highest BCUT2D eigenvalue weighted by Crippen LogP contribution is 2.28. The highest BCUT2D eigenvalue weighted by atomic mass is 35.5. The third kappa shape index (κ3) is 4.56. The van der Waals surface area contributed by atoms with Crippen LogP contribution in [-0.2, 0) is 4.79 Å². The first-order valence-corrected chi connectivity index (χ1v) is 7.93. The van der Waals surface area contributed by atoms with Crippen molar-refractivity contribution in [3.05, 3.63) is 52.0 Å². The van der Waals surface area contributed by atoms with Crippen LogP contribution in [0.5, 0.6) is 0 Å². The molecule has 6 heteroatoms. The number of hydrogen-bond acceptors (Lipinski definition) is 3. The average molecular weight is 341 g/mol. The van der Waals surface area contributed by atoms with Gasteiger partial charge in [0.1, 0.15) is 0 Å². The van der Waals surface area contributed by atoms with Gasteiger partial charge in [-0.25, -0.2) is 0 Å². The molecule has 0 heterocycles. The summed E-state index contributed by atoms with van der Waals surface area (Å²) >= 11 is 13.2. The maximum Gasteiger partial charge on any atom is 0.234 e. The first-order valence-electron chi connectivity index (χ1n) is 6.19. The van der Waals surface area contributed by atoms with Gasteiger partial charge in [0.2, 0.25) is 5.91 Å². The van der Waals surface area contributed by atoms with E-state index in [1.54, 1.807) is 24.3 Å². The number of thioether (sulfide) groups is 1. The van der Waals surface area contributed by atoms with Gasteiger partial charge in [0.05, 0.1) is 15.8 Å². The highest BCUT2D eigenvalue weighted by Gasteiger charge is 2.07. The quantitative estimate of drug-likeness (QED) is 0.630. The van der Waals surface area contributed by atoms with Crippen LogP contribution in [-0.4, -0.2) is 11.7 Å². The number of amides is 1. The summed E-state index contributed by atoms with van der Waals surface area (Å²) in [4.78, 5) is 12.9. The molecular formula is C15H14Cl2N2OS. The molecule has 110 valence electrons. The smallest absolute Gasteiger partial charge is 0.234 e. The molecule has 0 unspecified atom stereocenters. The summed E-state index contributed by atoms with van der Waals surface area (Å²) in [5.41, 5.74) is 8.03. The third-order valence-corrected chi connectivity index (χ3v) is 4.53. The van der Waals surface area contributed by atoms with Gasteiger partial charge in [0.15, 0.2) is 0 Å². The molecule has 2 aromatic rings. The minimum absolute atomic E-state index is 0.0974. The molecule has 2 aromatic carbocycles. The van der Waals surface area contributed by atoms with E-state index in [1.807, 2.05) is 19.1 Å². The Balaban J connectivity index is 1.95. The van der Waals surface area contributed by atoms with E-state index in [1.165, 1.54) is 11.8 Å². The molecule has 21 heavy (non-hydrogen) atoms. The number of carbonyl (C=O) groups is 1. The zero-order valence-corrected chi connectivity index (χ0v) is 13.6. The number of hydrogen-bond donors (Lipinski definition) is 2. The van der Waals surface area contributed by atoms with E-state index in [2.05, 4.69) is 5.32 Å². The molecule has 3 nitrogen and oxygen atoms in total.